The summed E-state index contributed by atoms with van der Waals surface area (Å²) in [5.74, 6) is -1.37. The monoisotopic (exact) mass is 587 g/mol. The zero-order chi connectivity index (χ0) is 29.4. The van der Waals surface area contributed by atoms with Crippen molar-refractivity contribution >= 4 is 39.1 Å². The van der Waals surface area contributed by atoms with Crippen molar-refractivity contribution in [2.24, 2.45) is 0 Å². The van der Waals surface area contributed by atoms with Gasteiger partial charge in [0.2, 0.25) is 11.8 Å². The number of nitrogens with zero attached hydrogens (tertiary/aromatic N) is 2. The number of carbonyl (C=O) groups excluding carboxylic acids is 2. The number of nitrogens with one attached hydrogen (secondary N) is 1. The number of anilines is 1. The molecule has 10 heteroatoms. The lowest BCUT2D eigenvalue weighted by molar-refractivity contribution is -0.140. The second kappa shape index (κ2) is 13.8. The first kappa shape index (κ1) is 31.1. The van der Waals surface area contributed by atoms with E-state index >= 15 is 0 Å². The first-order chi connectivity index (χ1) is 19.0. The molecule has 0 fully saturated rings. The van der Waals surface area contributed by atoms with Crippen molar-refractivity contribution in [3.63, 3.8) is 0 Å². The lowest BCUT2D eigenvalue weighted by Gasteiger charge is -2.33. The Morgan fingerprint density at radius 1 is 0.975 bits per heavy atom. The largest absolute Gasteiger partial charge is 0.352 e. The minimum atomic E-state index is -4.19. The number of carbonyl (C=O) groups is 2. The number of halogens is 2. The summed E-state index contributed by atoms with van der Waals surface area (Å²) in [5, 5.41) is 3.22. The second-order valence-electron chi connectivity index (χ2n) is 9.69. The fourth-order valence-corrected chi connectivity index (χ4v) is 5.74. The van der Waals surface area contributed by atoms with Gasteiger partial charge in [-0.05, 0) is 74.7 Å². The summed E-state index contributed by atoms with van der Waals surface area (Å²) in [5.41, 5.74) is 1.69. The first-order valence-electron chi connectivity index (χ1n) is 13.2. The van der Waals surface area contributed by atoms with Crippen LogP contribution < -0.4 is 9.62 Å². The van der Waals surface area contributed by atoms with Crippen LogP contribution in [0, 0.1) is 12.7 Å². The van der Waals surface area contributed by atoms with Gasteiger partial charge in [0, 0.05) is 17.6 Å². The summed E-state index contributed by atoms with van der Waals surface area (Å²) in [6.07, 6.45) is 0.989. The Hall–Kier alpha value is -3.43. The Labute approximate surface area is 241 Å². The fraction of sp³-hybridized carbons (Fsp3) is 0.333. The number of rotatable bonds is 12. The van der Waals surface area contributed by atoms with Gasteiger partial charge in [0.1, 0.15) is 18.4 Å². The molecule has 3 rings (SSSR count). The van der Waals surface area contributed by atoms with Crippen LogP contribution in [0.5, 0.6) is 0 Å². The topological polar surface area (TPSA) is 86.8 Å². The molecular weight excluding hydrogens is 553 g/mol. The number of hydrogen-bond donors (Lipinski definition) is 1. The van der Waals surface area contributed by atoms with E-state index in [4.69, 9.17) is 11.6 Å². The van der Waals surface area contributed by atoms with E-state index in [0.717, 1.165) is 9.87 Å². The number of aryl methyl sites for hydroxylation is 1. The smallest absolute Gasteiger partial charge is 0.264 e. The fourth-order valence-electron chi connectivity index (χ4n) is 4.14. The van der Waals surface area contributed by atoms with E-state index in [-0.39, 0.29) is 35.5 Å². The highest BCUT2D eigenvalue weighted by Crippen LogP contribution is 2.27. The average molecular weight is 588 g/mol. The maximum absolute atomic E-state index is 14.0. The van der Waals surface area contributed by atoms with Crippen LogP contribution in [0.4, 0.5) is 10.1 Å². The Bertz CT molecular complexity index is 1420. The summed E-state index contributed by atoms with van der Waals surface area (Å²) in [4.78, 5) is 28.6. The van der Waals surface area contributed by atoms with Crippen molar-refractivity contribution in [1.82, 2.24) is 10.2 Å². The van der Waals surface area contributed by atoms with Gasteiger partial charge in [-0.1, -0.05) is 61.3 Å². The quantitative estimate of drug-likeness (QED) is 0.294. The predicted octanol–water partition coefficient (Wildman–Crippen LogP) is 5.70. The van der Waals surface area contributed by atoms with Gasteiger partial charge in [-0.3, -0.25) is 13.9 Å². The highest BCUT2D eigenvalue weighted by atomic mass is 35.5. The van der Waals surface area contributed by atoms with E-state index < -0.39 is 34.3 Å². The second-order valence-corrected chi connectivity index (χ2v) is 12.0. The maximum atomic E-state index is 14.0. The zero-order valence-corrected chi connectivity index (χ0v) is 24.7. The highest BCUT2D eigenvalue weighted by Gasteiger charge is 2.34. The van der Waals surface area contributed by atoms with Crippen molar-refractivity contribution in [3.05, 3.63) is 94.8 Å². The highest BCUT2D eigenvalue weighted by molar-refractivity contribution is 7.92. The van der Waals surface area contributed by atoms with E-state index in [9.17, 15) is 22.4 Å². The van der Waals surface area contributed by atoms with Gasteiger partial charge >= 0.3 is 0 Å². The number of sulfonamides is 1. The van der Waals surface area contributed by atoms with Crippen LogP contribution >= 0.6 is 11.6 Å². The third-order valence-corrected chi connectivity index (χ3v) is 8.66. The molecular formula is C30H35ClFN3O4S. The van der Waals surface area contributed by atoms with E-state index in [1.54, 1.807) is 37.3 Å². The third kappa shape index (κ3) is 7.82. The molecule has 0 aliphatic rings. The molecule has 2 amide bonds. The average Bonchev–Trinajstić information content (AvgIpc) is 2.92. The SMILES string of the molecule is CC[C@@H](C)NC(=O)[C@H](CC)N(Cc1ccc(F)cc1)C(=O)CN(c1cccc(Cl)c1)S(=O)(=O)c1ccc(C)cc1. The molecule has 3 aromatic rings. The van der Waals surface area contributed by atoms with Crippen molar-refractivity contribution in [2.45, 2.75) is 64.1 Å². The third-order valence-electron chi connectivity index (χ3n) is 6.64. The van der Waals surface area contributed by atoms with E-state index in [1.807, 2.05) is 20.8 Å². The van der Waals surface area contributed by atoms with Crippen LogP contribution in [-0.4, -0.2) is 43.8 Å². The van der Waals surface area contributed by atoms with Gasteiger partial charge in [-0.15, -0.1) is 0 Å². The van der Waals surface area contributed by atoms with Crippen LogP contribution in [0.25, 0.3) is 0 Å². The molecule has 3 aromatic carbocycles. The van der Waals surface area contributed by atoms with Crippen molar-refractivity contribution < 1.29 is 22.4 Å². The Balaban J connectivity index is 2.05. The van der Waals surface area contributed by atoms with Gasteiger partial charge in [0.05, 0.1) is 10.6 Å². The van der Waals surface area contributed by atoms with Gasteiger partial charge < -0.3 is 10.2 Å². The van der Waals surface area contributed by atoms with Crippen molar-refractivity contribution in [1.29, 1.82) is 0 Å². The van der Waals surface area contributed by atoms with Crippen LogP contribution in [0.2, 0.25) is 5.02 Å². The normalized spacial score (nSPS) is 12.8. The zero-order valence-electron chi connectivity index (χ0n) is 23.1. The minimum absolute atomic E-state index is 0.0116. The summed E-state index contributed by atoms with van der Waals surface area (Å²) < 4.78 is 42.3. The van der Waals surface area contributed by atoms with Crippen LogP contribution in [0.15, 0.2) is 77.7 Å². The molecule has 0 aliphatic heterocycles. The molecule has 0 aliphatic carbocycles. The molecule has 1 N–H and O–H groups in total. The van der Waals surface area contributed by atoms with E-state index in [0.29, 0.717) is 17.0 Å². The van der Waals surface area contributed by atoms with Gasteiger partial charge in [0.15, 0.2) is 0 Å². The molecule has 40 heavy (non-hydrogen) atoms. The maximum Gasteiger partial charge on any atom is 0.264 e. The summed E-state index contributed by atoms with van der Waals surface area (Å²) in [7, 11) is -4.19. The number of amides is 2. The molecule has 0 aromatic heterocycles. The molecule has 0 unspecified atom stereocenters. The molecule has 0 heterocycles. The Morgan fingerprint density at radius 3 is 2.20 bits per heavy atom. The van der Waals surface area contributed by atoms with Crippen molar-refractivity contribution in [2.75, 3.05) is 10.8 Å². The summed E-state index contributed by atoms with van der Waals surface area (Å²) in [6, 6.07) is 17.2. The Morgan fingerprint density at radius 2 is 1.62 bits per heavy atom. The molecule has 0 bridgehead atoms. The molecule has 0 saturated heterocycles. The summed E-state index contributed by atoms with van der Waals surface area (Å²) >= 11 is 6.20. The van der Waals surface area contributed by atoms with Gasteiger partial charge in [-0.2, -0.15) is 0 Å². The van der Waals surface area contributed by atoms with Crippen LogP contribution in [-0.2, 0) is 26.2 Å². The standard InChI is InChI=1S/C30H35ClFN3O4S/c1-5-22(4)33-30(37)28(6-2)34(19-23-12-14-25(32)15-13-23)29(36)20-35(26-9-7-8-24(31)18-26)40(38,39)27-16-10-21(3)11-17-27/h7-18,22,28H,5-6,19-20H2,1-4H3,(H,33,37)/t22-,28+/m1/s1. The lowest BCUT2D eigenvalue weighted by Crippen LogP contribution is -2.53. The van der Waals surface area contributed by atoms with E-state index in [1.165, 1.54) is 47.4 Å². The van der Waals surface area contributed by atoms with Gasteiger partial charge in [-0.25, -0.2) is 12.8 Å². The molecule has 0 radical (unpaired) electrons. The van der Waals surface area contributed by atoms with E-state index in [2.05, 4.69) is 5.32 Å². The molecule has 214 valence electrons. The first-order valence-corrected chi connectivity index (χ1v) is 15.0. The van der Waals surface area contributed by atoms with Crippen molar-refractivity contribution in [3.8, 4) is 0 Å². The Kier molecular flexibility index (Phi) is 10.7. The molecule has 0 spiro atoms. The van der Waals surface area contributed by atoms with Crippen LogP contribution in [0.3, 0.4) is 0 Å². The molecule has 2 atom stereocenters. The molecule has 0 saturated carbocycles. The predicted molar refractivity (Wildman–Crippen MR) is 156 cm³/mol. The van der Waals surface area contributed by atoms with Crippen LogP contribution in [0.1, 0.15) is 44.7 Å². The number of hydrogen-bond acceptors (Lipinski definition) is 4. The lowest BCUT2D eigenvalue weighted by atomic mass is 10.1. The summed E-state index contributed by atoms with van der Waals surface area (Å²) in [6.45, 7) is 6.84. The number of benzene rings is 3. The minimum Gasteiger partial charge on any atom is -0.352 e. The van der Waals surface area contributed by atoms with Gasteiger partial charge in [0.25, 0.3) is 10.0 Å². The molecule has 7 nitrogen and oxygen atoms in total.